The van der Waals surface area contributed by atoms with E-state index in [1.165, 1.54) is 0 Å². The summed E-state index contributed by atoms with van der Waals surface area (Å²) in [5.41, 5.74) is 1.55. The maximum Gasteiger partial charge on any atom is 0.182 e. The number of aromatic hydroxyl groups is 1. The molecule has 0 saturated heterocycles. The third-order valence-electron chi connectivity index (χ3n) is 3.57. The smallest absolute Gasteiger partial charge is 0.182 e. The molecule has 0 aromatic heterocycles. The van der Waals surface area contributed by atoms with Crippen molar-refractivity contribution in [3.05, 3.63) is 60.2 Å². The average Bonchev–Trinajstić information content (AvgIpc) is 2.62. The minimum atomic E-state index is 0. The number of anilines is 1. The number of hydrogen-bond acceptors (Lipinski definition) is 5. The van der Waals surface area contributed by atoms with Crippen molar-refractivity contribution < 1.29 is 9.90 Å². The molecule has 4 nitrogen and oxygen atoms in total. The van der Waals surface area contributed by atoms with Crippen LogP contribution in [0.5, 0.6) is 5.75 Å². The molecule has 1 aliphatic rings. The van der Waals surface area contributed by atoms with Gasteiger partial charge in [0.2, 0.25) is 0 Å². The normalized spacial score (nSPS) is 13.6. The lowest BCUT2D eigenvalue weighted by molar-refractivity contribution is 0.100. The summed E-state index contributed by atoms with van der Waals surface area (Å²) >= 11 is 1.67. The molecule has 2 aromatic carbocycles. The zero-order valence-electron chi connectivity index (χ0n) is 13.1. The highest BCUT2D eigenvalue weighted by molar-refractivity contribution is 8.93. The van der Waals surface area contributed by atoms with E-state index in [2.05, 4.69) is 4.99 Å². The predicted molar refractivity (Wildman–Crippen MR) is 106 cm³/mol. The summed E-state index contributed by atoms with van der Waals surface area (Å²) in [6.45, 7) is 1.02. The van der Waals surface area contributed by atoms with Gasteiger partial charge in [-0.15, -0.1) is 17.0 Å². The zero-order chi connectivity index (χ0) is 16.1. The molecule has 0 saturated carbocycles. The second-order valence-electron chi connectivity index (χ2n) is 5.26. The molecule has 126 valence electrons. The molecular weight excluding hydrogens is 388 g/mol. The second kappa shape index (κ2) is 8.89. The number of ketones is 1. The number of aliphatic imine (C=N–C) groups is 1. The van der Waals surface area contributed by atoms with E-state index in [0.29, 0.717) is 5.56 Å². The van der Waals surface area contributed by atoms with Gasteiger partial charge in [-0.05, 0) is 30.7 Å². The first-order valence-electron chi connectivity index (χ1n) is 7.56. The molecule has 0 spiro atoms. The van der Waals surface area contributed by atoms with Crippen LogP contribution in [0.15, 0.2) is 59.6 Å². The van der Waals surface area contributed by atoms with Crippen molar-refractivity contribution in [2.75, 3.05) is 23.7 Å². The number of Topliss-reactive ketones (excluding diaryl/α,β-unsaturated/α-hetero) is 1. The first-order valence-corrected chi connectivity index (χ1v) is 8.55. The van der Waals surface area contributed by atoms with Gasteiger partial charge in [0.25, 0.3) is 0 Å². The largest absolute Gasteiger partial charge is 0.508 e. The molecule has 0 atom stereocenters. The molecule has 0 fully saturated rings. The van der Waals surface area contributed by atoms with Gasteiger partial charge in [-0.3, -0.25) is 9.79 Å². The van der Waals surface area contributed by atoms with Gasteiger partial charge in [-0.1, -0.05) is 42.1 Å². The maximum absolute atomic E-state index is 12.6. The van der Waals surface area contributed by atoms with Gasteiger partial charge in [-0.25, -0.2) is 0 Å². The lowest BCUT2D eigenvalue weighted by Crippen LogP contribution is -2.35. The molecule has 6 heteroatoms. The van der Waals surface area contributed by atoms with Gasteiger partial charge in [0.15, 0.2) is 11.0 Å². The monoisotopic (exact) mass is 406 g/mol. The molecular formula is C18H19BrN2O2S. The van der Waals surface area contributed by atoms with Crippen LogP contribution in [-0.2, 0) is 0 Å². The number of halogens is 1. The van der Waals surface area contributed by atoms with Crippen molar-refractivity contribution in [3.8, 4) is 5.75 Å². The number of hydrogen-bond donors (Lipinski definition) is 1. The molecule has 1 heterocycles. The first kappa shape index (κ1) is 18.5. The summed E-state index contributed by atoms with van der Waals surface area (Å²) in [7, 11) is 0. The average molecular weight is 407 g/mol. The summed E-state index contributed by atoms with van der Waals surface area (Å²) in [5, 5.41) is 10.4. The molecule has 2 aromatic rings. The molecule has 0 bridgehead atoms. The fraction of sp³-hybridized carbons (Fsp3) is 0.222. The number of carbonyl (C=O) groups excluding carboxylic acids is 1. The number of thioether (sulfide) groups is 1. The molecule has 24 heavy (non-hydrogen) atoms. The third kappa shape index (κ3) is 4.61. The summed E-state index contributed by atoms with van der Waals surface area (Å²) in [6.07, 6.45) is 1.06. The molecule has 1 N–H and O–H groups in total. The minimum Gasteiger partial charge on any atom is -0.508 e. The predicted octanol–water partition coefficient (Wildman–Crippen LogP) is 4.15. The van der Waals surface area contributed by atoms with Gasteiger partial charge >= 0.3 is 0 Å². The van der Waals surface area contributed by atoms with Crippen LogP contribution in [0.2, 0.25) is 0 Å². The van der Waals surface area contributed by atoms with Crippen LogP contribution in [-0.4, -0.2) is 34.9 Å². The second-order valence-corrected chi connectivity index (χ2v) is 6.32. The van der Waals surface area contributed by atoms with Gasteiger partial charge in [0.05, 0.1) is 6.54 Å². The molecule has 0 radical (unpaired) electrons. The van der Waals surface area contributed by atoms with Gasteiger partial charge in [0.1, 0.15) is 5.75 Å². The van der Waals surface area contributed by atoms with E-state index in [9.17, 15) is 9.90 Å². The van der Waals surface area contributed by atoms with Crippen molar-refractivity contribution in [1.82, 2.24) is 0 Å². The summed E-state index contributed by atoms with van der Waals surface area (Å²) < 4.78 is 0. The minimum absolute atomic E-state index is 0. The van der Waals surface area contributed by atoms with Crippen molar-refractivity contribution in [2.24, 2.45) is 4.99 Å². The summed E-state index contributed by atoms with van der Waals surface area (Å²) in [4.78, 5) is 19.1. The quantitative estimate of drug-likeness (QED) is 0.774. The van der Waals surface area contributed by atoms with Crippen LogP contribution in [0.1, 0.15) is 16.8 Å². The molecule has 0 aliphatic carbocycles. The van der Waals surface area contributed by atoms with Crippen LogP contribution < -0.4 is 4.90 Å². The lowest BCUT2D eigenvalue weighted by Gasteiger charge is -2.27. The van der Waals surface area contributed by atoms with Gasteiger partial charge in [0, 0.05) is 23.5 Å². The maximum atomic E-state index is 12.6. The Morgan fingerprint density at radius 1 is 1.12 bits per heavy atom. The van der Waals surface area contributed by atoms with Crippen molar-refractivity contribution in [2.45, 2.75) is 6.42 Å². The summed E-state index contributed by atoms with van der Waals surface area (Å²) in [5.74, 6) is 1.27. The van der Waals surface area contributed by atoms with Crippen LogP contribution in [0.4, 0.5) is 5.69 Å². The highest BCUT2D eigenvalue weighted by atomic mass is 79.9. The van der Waals surface area contributed by atoms with Crippen molar-refractivity contribution >= 4 is 45.4 Å². The van der Waals surface area contributed by atoms with E-state index < -0.39 is 0 Å². The molecule has 0 amide bonds. The number of benzene rings is 2. The zero-order valence-corrected chi connectivity index (χ0v) is 15.6. The van der Waals surface area contributed by atoms with E-state index in [4.69, 9.17) is 0 Å². The Hall–Kier alpha value is -1.79. The van der Waals surface area contributed by atoms with E-state index in [1.807, 2.05) is 47.4 Å². The van der Waals surface area contributed by atoms with E-state index in [-0.39, 0.29) is 35.1 Å². The molecule has 0 unspecified atom stereocenters. The summed E-state index contributed by atoms with van der Waals surface area (Å²) in [6, 6.07) is 16.2. The number of carbonyl (C=O) groups is 1. The van der Waals surface area contributed by atoms with Crippen LogP contribution >= 0.6 is 28.7 Å². The Bertz CT molecular complexity index is 705. The van der Waals surface area contributed by atoms with Crippen LogP contribution in [0, 0.1) is 0 Å². The van der Waals surface area contributed by atoms with Crippen LogP contribution in [0.25, 0.3) is 0 Å². The first-order chi connectivity index (χ1) is 11.2. The Morgan fingerprint density at radius 2 is 1.83 bits per heavy atom. The van der Waals surface area contributed by atoms with Gasteiger partial charge < -0.3 is 10.0 Å². The van der Waals surface area contributed by atoms with E-state index in [1.54, 1.807) is 23.9 Å². The number of amidine groups is 1. The Kier molecular flexibility index (Phi) is 6.87. The van der Waals surface area contributed by atoms with E-state index >= 15 is 0 Å². The highest BCUT2D eigenvalue weighted by Gasteiger charge is 2.20. The number of phenols is 1. The highest BCUT2D eigenvalue weighted by Crippen LogP contribution is 2.25. The number of rotatable bonds is 4. The van der Waals surface area contributed by atoms with Crippen molar-refractivity contribution in [1.29, 1.82) is 0 Å². The number of nitrogens with zero attached hydrogens (tertiary/aromatic N) is 2. The van der Waals surface area contributed by atoms with Crippen LogP contribution in [0.3, 0.4) is 0 Å². The van der Waals surface area contributed by atoms with Gasteiger partial charge in [-0.2, -0.15) is 0 Å². The Morgan fingerprint density at radius 3 is 2.46 bits per heavy atom. The lowest BCUT2D eigenvalue weighted by atomic mass is 10.1. The molecule has 1 aliphatic heterocycles. The third-order valence-corrected chi connectivity index (χ3v) is 4.67. The fourth-order valence-corrected chi connectivity index (χ4v) is 3.34. The van der Waals surface area contributed by atoms with Crippen molar-refractivity contribution in [3.63, 3.8) is 0 Å². The number of phenolic OH excluding ortho intramolecular Hbond substituents is 1. The standard InChI is InChI=1S/C18H18N2O2S.BrH/c21-16-9-7-15(8-10-16)20(18-19-11-4-12-23-18)13-17(22)14-5-2-1-3-6-14;/h1-3,5-10,21H,4,11-13H2;1H. The van der Waals surface area contributed by atoms with E-state index in [0.717, 1.165) is 29.6 Å². The fourth-order valence-electron chi connectivity index (χ4n) is 2.37. The SMILES string of the molecule is Br.O=C(CN(C1=NCCCS1)c1ccc(O)cc1)c1ccccc1. The Labute approximate surface area is 156 Å². The molecule has 3 rings (SSSR count). The topological polar surface area (TPSA) is 52.9 Å². The Balaban J connectivity index is 0.00000208.